The van der Waals surface area contributed by atoms with Crippen LogP contribution in [0.25, 0.3) is 0 Å². The molecule has 4 heteroatoms. The molecule has 0 spiro atoms. The number of nitrogens with one attached hydrogen (secondary N) is 1. The van der Waals surface area contributed by atoms with Gasteiger partial charge >= 0.3 is 5.97 Å². The minimum absolute atomic E-state index is 0.386. The maximum Gasteiger partial charge on any atom is 0.339 e. The van der Waals surface area contributed by atoms with E-state index < -0.39 is 0 Å². The van der Waals surface area contributed by atoms with Gasteiger partial charge in [-0.05, 0) is 55.7 Å². The normalized spacial score (nSPS) is 25.4. The van der Waals surface area contributed by atoms with E-state index >= 15 is 0 Å². The van der Waals surface area contributed by atoms with Crippen LogP contribution in [0.5, 0.6) is 0 Å². The van der Waals surface area contributed by atoms with E-state index in [1.807, 2.05) is 6.07 Å². The topological polar surface area (TPSA) is 38.3 Å². The average molecular weight is 308 g/mol. The van der Waals surface area contributed by atoms with Gasteiger partial charge in [0, 0.05) is 11.7 Å². The molecule has 0 radical (unpaired) electrons. The van der Waals surface area contributed by atoms with Gasteiger partial charge < -0.3 is 10.1 Å². The fourth-order valence-electron chi connectivity index (χ4n) is 3.47. The van der Waals surface area contributed by atoms with Crippen LogP contribution < -0.4 is 5.32 Å². The number of ether oxygens (including phenoxy) is 1. The number of halogens is 1. The van der Waals surface area contributed by atoms with Crippen LogP contribution in [-0.4, -0.2) is 19.1 Å². The lowest BCUT2D eigenvalue weighted by Crippen LogP contribution is -2.28. The first kappa shape index (κ1) is 14.7. The van der Waals surface area contributed by atoms with Crippen LogP contribution in [0.4, 0.5) is 5.69 Å². The standard InChI is InChI=1S/C17H22ClNO2/c1-21-17(20)15-10-14(7-8-16(15)18)19-13-4-2-3-12(9-13)11-5-6-11/h7-8,10-13,19H,2-6,9H2,1H3. The zero-order chi connectivity index (χ0) is 14.8. The highest BCUT2D eigenvalue weighted by Crippen LogP contribution is 2.44. The van der Waals surface area contributed by atoms with Crippen LogP contribution in [-0.2, 0) is 4.74 Å². The van der Waals surface area contributed by atoms with E-state index in [1.54, 1.807) is 12.1 Å². The monoisotopic (exact) mass is 307 g/mol. The van der Waals surface area contributed by atoms with E-state index in [2.05, 4.69) is 5.32 Å². The van der Waals surface area contributed by atoms with Crippen molar-refractivity contribution < 1.29 is 9.53 Å². The summed E-state index contributed by atoms with van der Waals surface area (Å²) in [6.45, 7) is 0. The molecule has 2 saturated carbocycles. The molecule has 2 aliphatic rings. The number of benzene rings is 1. The lowest BCUT2D eigenvalue weighted by atomic mass is 9.82. The summed E-state index contributed by atoms with van der Waals surface area (Å²) in [6.07, 6.45) is 7.99. The summed E-state index contributed by atoms with van der Waals surface area (Å²) in [5, 5.41) is 4.01. The summed E-state index contributed by atoms with van der Waals surface area (Å²) in [5.41, 5.74) is 1.39. The highest BCUT2D eigenvalue weighted by molar-refractivity contribution is 6.33. The van der Waals surface area contributed by atoms with Crippen molar-refractivity contribution >= 4 is 23.3 Å². The molecule has 0 amide bonds. The number of hydrogen-bond donors (Lipinski definition) is 1. The van der Waals surface area contributed by atoms with Crippen LogP contribution in [0.3, 0.4) is 0 Å². The highest BCUT2D eigenvalue weighted by atomic mass is 35.5. The zero-order valence-corrected chi connectivity index (χ0v) is 13.2. The maximum atomic E-state index is 11.7. The van der Waals surface area contributed by atoms with Gasteiger partial charge in [-0.15, -0.1) is 0 Å². The number of hydrogen-bond acceptors (Lipinski definition) is 3. The number of carbonyl (C=O) groups excluding carboxylic acids is 1. The Morgan fingerprint density at radius 1 is 1.24 bits per heavy atom. The van der Waals surface area contributed by atoms with Crippen molar-refractivity contribution in [3.05, 3.63) is 28.8 Å². The summed E-state index contributed by atoms with van der Waals surface area (Å²) >= 11 is 6.06. The number of rotatable bonds is 4. The second-order valence-electron chi connectivity index (χ2n) is 6.29. The van der Waals surface area contributed by atoms with E-state index in [1.165, 1.54) is 45.6 Å². The third-order valence-corrected chi connectivity index (χ3v) is 5.08. The van der Waals surface area contributed by atoms with Gasteiger partial charge in [0.05, 0.1) is 17.7 Å². The van der Waals surface area contributed by atoms with Crippen LogP contribution in [0.2, 0.25) is 5.02 Å². The Hall–Kier alpha value is -1.22. The average Bonchev–Trinajstić information content (AvgIpc) is 3.33. The molecule has 1 N–H and O–H groups in total. The lowest BCUT2D eigenvalue weighted by Gasteiger charge is -2.30. The predicted molar refractivity (Wildman–Crippen MR) is 84.9 cm³/mol. The van der Waals surface area contributed by atoms with Gasteiger partial charge in [-0.25, -0.2) is 4.79 Å². The van der Waals surface area contributed by atoms with E-state index in [9.17, 15) is 4.79 Å². The molecule has 2 unspecified atom stereocenters. The Morgan fingerprint density at radius 2 is 2.05 bits per heavy atom. The van der Waals surface area contributed by atoms with Gasteiger partial charge in [-0.1, -0.05) is 24.4 Å². The summed E-state index contributed by atoms with van der Waals surface area (Å²) in [4.78, 5) is 11.7. The number of carbonyl (C=O) groups is 1. The molecule has 1 aromatic carbocycles. The Balaban J connectivity index is 1.67. The predicted octanol–water partition coefficient (Wildman–Crippen LogP) is 4.51. The number of methoxy groups -OCH3 is 1. The highest BCUT2D eigenvalue weighted by Gasteiger charge is 2.34. The second-order valence-corrected chi connectivity index (χ2v) is 6.70. The fraction of sp³-hybridized carbons (Fsp3) is 0.588. The summed E-state index contributed by atoms with van der Waals surface area (Å²) in [6, 6.07) is 6.01. The minimum Gasteiger partial charge on any atom is -0.465 e. The molecule has 1 aromatic rings. The molecule has 0 heterocycles. The molecule has 0 aliphatic heterocycles. The van der Waals surface area contributed by atoms with E-state index in [-0.39, 0.29) is 5.97 Å². The summed E-state index contributed by atoms with van der Waals surface area (Å²) in [5.74, 6) is 1.48. The fourth-order valence-corrected chi connectivity index (χ4v) is 3.67. The van der Waals surface area contributed by atoms with Crippen molar-refractivity contribution in [3.8, 4) is 0 Å². The molecule has 0 bridgehead atoms. The molecule has 3 rings (SSSR count). The first-order valence-electron chi connectivity index (χ1n) is 7.82. The molecular formula is C17H22ClNO2. The van der Waals surface area contributed by atoms with Crippen molar-refractivity contribution in [2.45, 2.75) is 44.6 Å². The molecule has 21 heavy (non-hydrogen) atoms. The molecule has 0 saturated heterocycles. The first-order valence-corrected chi connectivity index (χ1v) is 8.19. The van der Waals surface area contributed by atoms with E-state index in [0.29, 0.717) is 16.6 Å². The Morgan fingerprint density at radius 3 is 2.76 bits per heavy atom. The lowest BCUT2D eigenvalue weighted by molar-refractivity contribution is 0.0601. The maximum absolute atomic E-state index is 11.7. The summed E-state index contributed by atoms with van der Waals surface area (Å²) < 4.78 is 4.77. The quantitative estimate of drug-likeness (QED) is 0.832. The molecule has 2 aliphatic carbocycles. The number of anilines is 1. The van der Waals surface area contributed by atoms with Crippen LogP contribution in [0, 0.1) is 11.8 Å². The van der Waals surface area contributed by atoms with Crippen LogP contribution in [0.15, 0.2) is 18.2 Å². The van der Waals surface area contributed by atoms with Crippen molar-refractivity contribution in [2.24, 2.45) is 11.8 Å². The molecule has 0 aromatic heterocycles. The van der Waals surface area contributed by atoms with Gasteiger partial charge in [0.2, 0.25) is 0 Å². The molecule has 3 nitrogen and oxygen atoms in total. The van der Waals surface area contributed by atoms with Crippen molar-refractivity contribution in [1.29, 1.82) is 0 Å². The van der Waals surface area contributed by atoms with Crippen LogP contribution >= 0.6 is 11.6 Å². The van der Waals surface area contributed by atoms with E-state index in [4.69, 9.17) is 16.3 Å². The SMILES string of the molecule is COC(=O)c1cc(NC2CCCC(C3CC3)C2)ccc1Cl. The zero-order valence-electron chi connectivity index (χ0n) is 12.4. The molecular weight excluding hydrogens is 286 g/mol. The van der Waals surface area contributed by atoms with Crippen molar-refractivity contribution in [2.75, 3.05) is 12.4 Å². The third-order valence-electron chi connectivity index (χ3n) is 4.75. The number of esters is 1. The first-order chi connectivity index (χ1) is 10.2. The smallest absolute Gasteiger partial charge is 0.339 e. The Labute approximate surface area is 131 Å². The van der Waals surface area contributed by atoms with E-state index in [0.717, 1.165) is 17.5 Å². The Kier molecular flexibility index (Phi) is 4.39. The largest absolute Gasteiger partial charge is 0.465 e. The van der Waals surface area contributed by atoms with Crippen LogP contribution in [0.1, 0.15) is 48.9 Å². The minimum atomic E-state index is -0.386. The Bertz CT molecular complexity index is 528. The van der Waals surface area contributed by atoms with Crippen molar-refractivity contribution in [3.63, 3.8) is 0 Å². The van der Waals surface area contributed by atoms with Crippen molar-refractivity contribution in [1.82, 2.24) is 0 Å². The second kappa shape index (κ2) is 6.27. The van der Waals surface area contributed by atoms with Gasteiger partial charge in [-0.3, -0.25) is 0 Å². The van der Waals surface area contributed by atoms with Gasteiger partial charge in [-0.2, -0.15) is 0 Å². The van der Waals surface area contributed by atoms with Gasteiger partial charge in [0.15, 0.2) is 0 Å². The van der Waals surface area contributed by atoms with Gasteiger partial charge in [0.25, 0.3) is 0 Å². The summed E-state index contributed by atoms with van der Waals surface area (Å²) in [7, 11) is 1.38. The molecule has 2 atom stereocenters. The third kappa shape index (κ3) is 3.52. The molecule has 2 fully saturated rings. The van der Waals surface area contributed by atoms with Gasteiger partial charge in [0.1, 0.15) is 0 Å². The molecule has 114 valence electrons.